The number of halogens is 1. The molecule has 24 heavy (non-hydrogen) atoms. The van der Waals surface area contributed by atoms with Crippen LogP contribution >= 0.6 is 11.6 Å². The van der Waals surface area contributed by atoms with Crippen LogP contribution in [0.4, 0.5) is 0 Å². The van der Waals surface area contributed by atoms with Crippen molar-refractivity contribution in [3.8, 4) is 18.1 Å². The number of hydrogen-bond donors (Lipinski definition) is 2. The number of fused-ring (bicyclic) bond motifs is 5. The third-order valence-corrected chi connectivity index (χ3v) is 7.82. The smallest absolute Gasteiger partial charge is 0.130 e. The minimum absolute atomic E-state index is 0.239. The van der Waals surface area contributed by atoms with Gasteiger partial charge in [-0.25, -0.2) is 0 Å². The first-order chi connectivity index (χ1) is 11.4. The summed E-state index contributed by atoms with van der Waals surface area (Å²) >= 11 is 6.40. The molecule has 0 aliphatic heterocycles. The van der Waals surface area contributed by atoms with Gasteiger partial charge in [-0.2, -0.15) is 0 Å². The molecule has 0 aromatic heterocycles. The van der Waals surface area contributed by atoms with Crippen LogP contribution in [0.5, 0.6) is 5.75 Å². The van der Waals surface area contributed by atoms with Crippen molar-refractivity contribution in [1.82, 2.24) is 0 Å². The molecule has 4 rings (SSSR count). The maximum atomic E-state index is 11.1. The first kappa shape index (κ1) is 16.3. The number of terminal acetylenes is 1. The Hall–Kier alpha value is -1.17. The minimum atomic E-state index is -0.998. The highest BCUT2D eigenvalue weighted by Crippen LogP contribution is 2.65. The molecule has 0 spiro atoms. The normalized spacial score (nSPS) is 43.4. The number of rotatable bonds is 1. The second-order valence-corrected chi connectivity index (χ2v) is 8.61. The van der Waals surface area contributed by atoms with Gasteiger partial charge in [0, 0.05) is 11.3 Å². The predicted octanol–water partition coefficient (Wildman–Crippen LogP) is 4.08. The van der Waals surface area contributed by atoms with Crippen LogP contribution in [0.15, 0.2) is 18.2 Å². The molecule has 2 fully saturated rings. The van der Waals surface area contributed by atoms with Crippen LogP contribution < -0.4 is 0 Å². The number of benzene rings is 1. The van der Waals surface area contributed by atoms with Gasteiger partial charge in [0.2, 0.25) is 0 Å². The Kier molecular flexibility index (Phi) is 3.68. The van der Waals surface area contributed by atoms with Gasteiger partial charge >= 0.3 is 0 Å². The molecule has 0 heterocycles. The van der Waals surface area contributed by atoms with E-state index in [1.165, 1.54) is 11.1 Å². The summed E-state index contributed by atoms with van der Waals surface area (Å²) < 4.78 is 0. The van der Waals surface area contributed by atoms with Gasteiger partial charge in [0.25, 0.3) is 0 Å². The molecular weight excluding hydrogens is 320 g/mol. The highest BCUT2D eigenvalue weighted by Gasteiger charge is 2.63. The summed E-state index contributed by atoms with van der Waals surface area (Å²) in [5.41, 5.74) is 1.38. The summed E-state index contributed by atoms with van der Waals surface area (Å²) in [6.45, 7) is 2.19. The largest absolute Gasteiger partial charge is 0.508 e. The van der Waals surface area contributed by atoms with Gasteiger partial charge in [-0.15, -0.1) is 18.0 Å². The van der Waals surface area contributed by atoms with Crippen molar-refractivity contribution in [3.05, 3.63) is 29.3 Å². The van der Waals surface area contributed by atoms with Crippen molar-refractivity contribution in [2.75, 3.05) is 5.88 Å². The molecule has 3 aliphatic carbocycles. The second-order valence-electron chi connectivity index (χ2n) is 8.30. The van der Waals surface area contributed by atoms with E-state index in [9.17, 15) is 10.2 Å². The zero-order chi connectivity index (χ0) is 17.1. The summed E-state index contributed by atoms with van der Waals surface area (Å²) in [7, 11) is 0. The number of phenolic OH excluding ortho intramolecular Hbond substituents is 1. The molecule has 0 saturated heterocycles. The third kappa shape index (κ3) is 2.01. The lowest BCUT2D eigenvalue weighted by Crippen LogP contribution is -2.53. The summed E-state index contributed by atoms with van der Waals surface area (Å²) in [6, 6.07) is 5.80. The molecule has 0 radical (unpaired) electrons. The Morgan fingerprint density at radius 2 is 2.17 bits per heavy atom. The van der Waals surface area contributed by atoms with Gasteiger partial charge < -0.3 is 10.2 Å². The Labute approximate surface area is 149 Å². The lowest BCUT2D eigenvalue weighted by atomic mass is 9.50. The van der Waals surface area contributed by atoms with E-state index in [0.717, 1.165) is 25.7 Å². The van der Waals surface area contributed by atoms with Gasteiger partial charge in [-0.1, -0.05) is 18.9 Å². The van der Waals surface area contributed by atoms with Crippen LogP contribution in [0, 0.1) is 35.5 Å². The van der Waals surface area contributed by atoms with E-state index in [1.807, 2.05) is 6.07 Å². The van der Waals surface area contributed by atoms with Crippen LogP contribution in [0.1, 0.15) is 49.7 Å². The van der Waals surface area contributed by atoms with E-state index < -0.39 is 5.60 Å². The Morgan fingerprint density at radius 1 is 1.38 bits per heavy atom. The monoisotopic (exact) mass is 344 g/mol. The Bertz CT molecular complexity index is 708. The number of phenols is 1. The van der Waals surface area contributed by atoms with E-state index >= 15 is 0 Å². The first-order valence-electron chi connectivity index (χ1n) is 9.01. The van der Waals surface area contributed by atoms with Crippen LogP contribution in [-0.2, 0) is 6.42 Å². The molecule has 0 amide bonds. The van der Waals surface area contributed by atoms with Crippen molar-refractivity contribution in [3.63, 3.8) is 0 Å². The van der Waals surface area contributed by atoms with Crippen molar-refractivity contribution >= 4 is 11.6 Å². The zero-order valence-corrected chi connectivity index (χ0v) is 14.9. The quantitative estimate of drug-likeness (QED) is 0.595. The molecule has 1 aromatic carbocycles. The van der Waals surface area contributed by atoms with E-state index in [1.54, 1.807) is 6.07 Å². The van der Waals surface area contributed by atoms with E-state index in [-0.39, 0.29) is 5.41 Å². The van der Waals surface area contributed by atoms with Crippen LogP contribution in [-0.4, -0.2) is 21.7 Å². The number of aliphatic hydroxyl groups is 1. The summed E-state index contributed by atoms with van der Waals surface area (Å²) in [5.74, 6) is 5.37. The first-order valence-corrected chi connectivity index (χ1v) is 9.55. The molecule has 3 aliphatic rings. The number of aryl methyl sites for hydroxylation is 1. The minimum Gasteiger partial charge on any atom is -0.508 e. The molecule has 0 bridgehead atoms. The van der Waals surface area contributed by atoms with Crippen molar-refractivity contribution < 1.29 is 10.2 Å². The lowest BCUT2D eigenvalue weighted by molar-refractivity contribution is -0.0805. The Morgan fingerprint density at radius 3 is 2.88 bits per heavy atom. The van der Waals surface area contributed by atoms with E-state index in [2.05, 4.69) is 18.9 Å². The highest BCUT2D eigenvalue weighted by molar-refractivity contribution is 6.18. The average Bonchev–Trinajstić information content (AvgIpc) is 2.85. The maximum Gasteiger partial charge on any atom is 0.130 e. The molecular formula is C21H25ClO2. The average molecular weight is 345 g/mol. The fourth-order valence-corrected chi connectivity index (χ4v) is 6.56. The predicted molar refractivity (Wildman–Crippen MR) is 96.1 cm³/mol. The Balaban J connectivity index is 1.80. The highest BCUT2D eigenvalue weighted by atomic mass is 35.5. The molecule has 6 atom stereocenters. The lowest BCUT2D eigenvalue weighted by Gasteiger charge is -2.55. The standard InChI is InChI=1S/C21H25ClO2/c1-3-21(24)9-8-18-17-6-4-13-10-15(23)5-7-16(13)19(17)14(12-22)11-20(18,21)2/h1,5,7,10,14,17-19,23-24H,4,6,8-9,11-12H2,2H3/t14?,17-,18-,19+,20-,21-/m0/s1. The number of alkyl halides is 1. The maximum absolute atomic E-state index is 11.1. The van der Waals surface area contributed by atoms with Crippen molar-refractivity contribution in [1.29, 1.82) is 0 Å². The van der Waals surface area contributed by atoms with Gasteiger partial charge in [-0.3, -0.25) is 0 Å². The SMILES string of the molecule is C#C[C@]1(O)CC[C@H]2[C@@H]3CCc4cc(O)ccc4[C@H]3C(CCl)C[C@@]21C. The topological polar surface area (TPSA) is 40.5 Å². The van der Waals surface area contributed by atoms with Crippen LogP contribution in [0.3, 0.4) is 0 Å². The van der Waals surface area contributed by atoms with Crippen molar-refractivity contribution in [2.45, 2.75) is 50.5 Å². The van der Waals surface area contributed by atoms with E-state index in [0.29, 0.717) is 41.7 Å². The fraction of sp³-hybridized carbons (Fsp3) is 0.619. The third-order valence-electron chi connectivity index (χ3n) is 7.42. The summed E-state index contributed by atoms with van der Waals surface area (Å²) in [5, 5.41) is 20.9. The van der Waals surface area contributed by atoms with Gasteiger partial charge in [0.1, 0.15) is 11.4 Å². The molecule has 1 aromatic rings. The van der Waals surface area contributed by atoms with Gasteiger partial charge in [0.05, 0.1) is 0 Å². The van der Waals surface area contributed by atoms with Crippen LogP contribution in [0.25, 0.3) is 0 Å². The molecule has 2 saturated carbocycles. The van der Waals surface area contributed by atoms with Crippen molar-refractivity contribution in [2.24, 2.45) is 23.2 Å². The summed E-state index contributed by atoms with van der Waals surface area (Å²) in [6.07, 6.45) is 10.4. The molecule has 3 heteroatoms. The number of hydrogen-bond acceptors (Lipinski definition) is 2. The van der Waals surface area contributed by atoms with Gasteiger partial charge in [-0.05, 0) is 79.0 Å². The zero-order valence-electron chi connectivity index (χ0n) is 14.1. The molecule has 2 N–H and O–H groups in total. The summed E-state index contributed by atoms with van der Waals surface area (Å²) in [4.78, 5) is 0. The van der Waals surface area contributed by atoms with Crippen LogP contribution in [0.2, 0.25) is 0 Å². The molecule has 1 unspecified atom stereocenters. The second kappa shape index (κ2) is 5.41. The van der Waals surface area contributed by atoms with Gasteiger partial charge in [0.15, 0.2) is 0 Å². The number of aromatic hydroxyl groups is 1. The fourth-order valence-electron chi connectivity index (χ4n) is 6.26. The molecule has 2 nitrogen and oxygen atoms in total. The van der Waals surface area contributed by atoms with E-state index in [4.69, 9.17) is 18.0 Å². The molecule has 128 valence electrons.